The Bertz CT molecular complexity index is 880. The Balaban J connectivity index is 1.74. The first-order valence-electron chi connectivity index (χ1n) is 11.0. The van der Waals surface area contributed by atoms with E-state index in [4.69, 9.17) is 18.9 Å². The molecule has 174 valence electrons. The summed E-state index contributed by atoms with van der Waals surface area (Å²) in [6.07, 6.45) is 2.89. The second-order valence-electron chi connectivity index (χ2n) is 9.16. The molecule has 2 bridgehead atoms. The van der Waals surface area contributed by atoms with Gasteiger partial charge in [0.15, 0.2) is 6.10 Å². The highest BCUT2D eigenvalue weighted by molar-refractivity contribution is 5.79. The molecule has 0 aromatic heterocycles. The van der Waals surface area contributed by atoms with Crippen molar-refractivity contribution in [2.75, 3.05) is 27.1 Å². The van der Waals surface area contributed by atoms with Gasteiger partial charge >= 0.3 is 5.97 Å². The standard InChI is InChI=1S/C25H32O7/c1-4-24(15-30-14-17-8-6-5-7-9-17)19-11-10-18(13-26)25(19)12-20(23(24,2)28)32-22(27)21(25)31-16-29-3/h4-9,11,18,20-21,26,28H,1,10,12-16H2,2-3H3/t18-,20+,21-,23-,24-,25+/m0/s1. The fourth-order valence-corrected chi connectivity index (χ4v) is 5.94. The lowest BCUT2D eigenvalue weighted by Gasteiger charge is -2.62. The highest BCUT2D eigenvalue weighted by atomic mass is 16.7. The number of methoxy groups -OCH3 is 1. The molecule has 7 nitrogen and oxygen atoms in total. The molecule has 32 heavy (non-hydrogen) atoms. The van der Waals surface area contributed by atoms with Crippen molar-refractivity contribution in [1.29, 1.82) is 0 Å². The maximum Gasteiger partial charge on any atom is 0.336 e. The van der Waals surface area contributed by atoms with E-state index in [-0.39, 0.29) is 25.9 Å². The molecule has 2 N–H and O–H groups in total. The third kappa shape index (κ3) is 3.26. The maximum absolute atomic E-state index is 13.0. The Morgan fingerprint density at radius 1 is 1.31 bits per heavy atom. The van der Waals surface area contributed by atoms with Gasteiger partial charge in [-0.05, 0) is 30.4 Å². The minimum Gasteiger partial charge on any atom is -0.457 e. The summed E-state index contributed by atoms with van der Waals surface area (Å²) in [5.74, 6) is -0.799. The minimum absolute atomic E-state index is 0.0837. The molecule has 1 aromatic carbocycles. The summed E-state index contributed by atoms with van der Waals surface area (Å²) >= 11 is 0. The van der Waals surface area contributed by atoms with Crippen LogP contribution in [0.15, 0.2) is 54.6 Å². The van der Waals surface area contributed by atoms with E-state index in [1.807, 2.05) is 36.4 Å². The summed E-state index contributed by atoms with van der Waals surface area (Å²) in [5, 5.41) is 22.0. The molecule has 1 spiro atoms. The molecule has 7 heteroatoms. The van der Waals surface area contributed by atoms with Gasteiger partial charge in [-0.15, -0.1) is 6.58 Å². The van der Waals surface area contributed by atoms with E-state index in [1.54, 1.807) is 13.0 Å². The monoisotopic (exact) mass is 444 g/mol. The van der Waals surface area contributed by atoms with Crippen LogP contribution < -0.4 is 0 Å². The number of carbonyl (C=O) groups is 1. The highest BCUT2D eigenvalue weighted by Crippen LogP contribution is 2.66. The van der Waals surface area contributed by atoms with Crippen LogP contribution >= 0.6 is 0 Å². The van der Waals surface area contributed by atoms with Crippen molar-refractivity contribution in [1.82, 2.24) is 0 Å². The molecule has 1 aromatic rings. The third-order valence-electron chi connectivity index (χ3n) is 7.67. The van der Waals surface area contributed by atoms with Gasteiger partial charge in [0.1, 0.15) is 18.5 Å². The number of fused-ring (bicyclic) bond motifs is 1. The van der Waals surface area contributed by atoms with Gasteiger partial charge in [-0.1, -0.05) is 42.5 Å². The van der Waals surface area contributed by atoms with Crippen LogP contribution in [-0.4, -0.2) is 61.1 Å². The van der Waals surface area contributed by atoms with E-state index in [1.165, 1.54) is 7.11 Å². The van der Waals surface area contributed by atoms with Gasteiger partial charge in [0.2, 0.25) is 0 Å². The van der Waals surface area contributed by atoms with Gasteiger partial charge in [0.25, 0.3) is 0 Å². The second kappa shape index (κ2) is 8.72. The molecule has 1 aliphatic heterocycles. The van der Waals surface area contributed by atoms with Crippen LogP contribution in [0.25, 0.3) is 0 Å². The zero-order valence-electron chi connectivity index (χ0n) is 18.7. The lowest BCUT2D eigenvalue weighted by atomic mass is 9.48. The quantitative estimate of drug-likeness (QED) is 0.343. The zero-order chi connectivity index (χ0) is 23.0. The van der Waals surface area contributed by atoms with Crippen molar-refractivity contribution < 1.29 is 34.0 Å². The number of aliphatic hydroxyl groups excluding tert-OH is 1. The smallest absolute Gasteiger partial charge is 0.336 e. The van der Waals surface area contributed by atoms with Gasteiger partial charge < -0.3 is 29.2 Å². The number of allylic oxidation sites excluding steroid dienone is 1. The molecule has 4 rings (SSSR count). The molecule has 3 aliphatic rings. The van der Waals surface area contributed by atoms with Crippen LogP contribution in [0.2, 0.25) is 0 Å². The lowest BCUT2D eigenvalue weighted by molar-refractivity contribution is -0.256. The van der Waals surface area contributed by atoms with Crippen molar-refractivity contribution in [2.45, 2.75) is 44.2 Å². The van der Waals surface area contributed by atoms with Crippen LogP contribution in [0.1, 0.15) is 25.3 Å². The molecule has 0 radical (unpaired) electrons. The molecular weight excluding hydrogens is 412 g/mol. The van der Waals surface area contributed by atoms with E-state index in [0.29, 0.717) is 19.4 Å². The number of hydrogen-bond acceptors (Lipinski definition) is 7. The van der Waals surface area contributed by atoms with E-state index in [0.717, 1.165) is 11.1 Å². The molecule has 1 saturated heterocycles. The van der Waals surface area contributed by atoms with Gasteiger partial charge in [-0.2, -0.15) is 0 Å². The summed E-state index contributed by atoms with van der Waals surface area (Å²) in [7, 11) is 1.49. The first-order chi connectivity index (χ1) is 15.4. The van der Waals surface area contributed by atoms with Crippen LogP contribution in [0, 0.1) is 16.7 Å². The van der Waals surface area contributed by atoms with Crippen LogP contribution in [0.3, 0.4) is 0 Å². The summed E-state index contributed by atoms with van der Waals surface area (Å²) in [5.41, 5.74) is -1.47. The number of benzene rings is 1. The van der Waals surface area contributed by atoms with Crippen molar-refractivity contribution in [3.8, 4) is 0 Å². The Hall–Kier alpha value is -2.03. The molecule has 6 atom stereocenters. The normalized spacial score (nSPS) is 38.1. The fraction of sp³-hybridized carbons (Fsp3) is 0.560. The Morgan fingerprint density at radius 2 is 2.06 bits per heavy atom. The maximum atomic E-state index is 13.0. The third-order valence-corrected chi connectivity index (χ3v) is 7.67. The lowest BCUT2D eigenvalue weighted by Crippen LogP contribution is -2.71. The number of aliphatic hydroxyl groups is 2. The van der Waals surface area contributed by atoms with E-state index < -0.39 is 34.6 Å². The summed E-state index contributed by atoms with van der Waals surface area (Å²) in [4.78, 5) is 13.0. The van der Waals surface area contributed by atoms with Crippen LogP contribution in [0.5, 0.6) is 0 Å². The zero-order valence-corrected chi connectivity index (χ0v) is 18.7. The number of rotatable bonds is 9. The number of carbonyl (C=O) groups excluding carboxylic acids is 1. The number of esters is 1. The van der Waals surface area contributed by atoms with Crippen LogP contribution in [-0.2, 0) is 30.3 Å². The Labute approximate surface area is 188 Å². The average Bonchev–Trinajstić information content (AvgIpc) is 3.15. The molecular formula is C25H32O7. The predicted octanol–water partition coefficient (Wildman–Crippen LogP) is 2.37. The van der Waals surface area contributed by atoms with Crippen LogP contribution in [0.4, 0.5) is 0 Å². The van der Waals surface area contributed by atoms with E-state index in [9.17, 15) is 15.0 Å². The topological polar surface area (TPSA) is 94.5 Å². The molecule has 0 amide bonds. The average molecular weight is 445 g/mol. The van der Waals surface area contributed by atoms with Crippen molar-refractivity contribution in [3.05, 3.63) is 60.2 Å². The van der Waals surface area contributed by atoms with E-state index in [2.05, 4.69) is 6.58 Å². The van der Waals surface area contributed by atoms with Gasteiger partial charge in [-0.3, -0.25) is 0 Å². The summed E-state index contributed by atoms with van der Waals surface area (Å²) in [6, 6.07) is 9.78. The largest absolute Gasteiger partial charge is 0.457 e. The number of ether oxygens (including phenoxy) is 4. The molecule has 2 fully saturated rings. The SMILES string of the molecule is C=C[C@]1(COCc2ccccc2)C2=CC[C@@H](CO)[C@]23C[C@@H](OC(=O)[C@@H]3OCOC)[C@]1(C)O. The fourth-order valence-electron chi connectivity index (χ4n) is 5.94. The van der Waals surface area contributed by atoms with E-state index >= 15 is 0 Å². The molecule has 0 unspecified atom stereocenters. The van der Waals surface area contributed by atoms with Crippen molar-refractivity contribution in [2.24, 2.45) is 16.7 Å². The molecule has 2 aliphatic carbocycles. The van der Waals surface area contributed by atoms with Gasteiger partial charge in [0.05, 0.1) is 18.6 Å². The Morgan fingerprint density at radius 3 is 2.72 bits per heavy atom. The Kier molecular flexibility index (Phi) is 6.31. The van der Waals surface area contributed by atoms with Gasteiger partial charge in [-0.25, -0.2) is 4.79 Å². The second-order valence-corrected chi connectivity index (χ2v) is 9.16. The molecule has 1 saturated carbocycles. The summed E-state index contributed by atoms with van der Waals surface area (Å²) in [6.45, 7) is 6.05. The summed E-state index contributed by atoms with van der Waals surface area (Å²) < 4.78 is 22.8. The highest BCUT2D eigenvalue weighted by Gasteiger charge is 2.72. The predicted molar refractivity (Wildman–Crippen MR) is 116 cm³/mol. The minimum atomic E-state index is -1.45. The van der Waals surface area contributed by atoms with Crippen molar-refractivity contribution in [3.63, 3.8) is 0 Å². The van der Waals surface area contributed by atoms with Crippen molar-refractivity contribution >= 4 is 5.97 Å². The first-order valence-corrected chi connectivity index (χ1v) is 11.0. The first kappa shape index (κ1) is 23.1. The molecule has 1 heterocycles. The number of hydrogen-bond donors (Lipinski definition) is 2. The van der Waals surface area contributed by atoms with Gasteiger partial charge in [0, 0.05) is 25.6 Å².